The van der Waals surface area contributed by atoms with Crippen molar-refractivity contribution in [2.45, 2.75) is 59.0 Å². The number of hydrogen-bond acceptors (Lipinski definition) is 6. The number of carbonyl (C=O) groups excluding carboxylic acids is 2. The Balaban J connectivity index is 1.53. The van der Waals surface area contributed by atoms with Crippen molar-refractivity contribution >= 4 is 17.6 Å². The van der Waals surface area contributed by atoms with Gasteiger partial charge in [-0.1, -0.05) is 19.8 Å². The SMILES string of the molecule is COCCn1nccc1C(=O)N[C@H](C(=O)Nc1ccc(-c2c(C)n[nH]c2C)c(F)n1)[C@H]1CC[C@H](C)CC1. The molecule has 0 aromatic carbocycles. The lowest BCUT2D eigenvalue weighted by molar-refractivity contribution is -0.119. The monoisotopic (exact) mass is 511 g/mol. The van der Waals surface area contributed by atoms with Gasteiger partial charge < -0.3 is 15.4 Å². The van der Waals surface area contributed by atoms with E-state index in [0.29, 0.717) is 41.6 Å². The second-order valence-corrected chi connectivity index (χ2v) is 9.74. The molecule has 10 nitrogen and oxygen atoms in total. The van der Waals surface area contributed by atoms with Gasteiger partial charge in [0, 0.05) is 30.1 Å². The van der Waals surface area contributed by atoms with Gasteiger partial charge in [0.05, 0.1) is 18.8 Å². The first-order valence-electron chi connectivity index (χ1n) is 12.6. The average molecular weight is 512 g/mol. The summed E-state index contributed by atoms with van der Waals surface area (Å²) in [5.74, 6) is -0.919. The predicted octanol–water partition coefficient (Wildman–Crippen LogP) is 3.63. The van der Waals surface area contributed by atoms with Crippen LogP contribution in [0.25, 0.3) is 11.1 Å². The van der Waals surface area contributed by atoms with Crippen molar-refractivity contribution in [3.05, 3.63) is 47.4 Å². The van der Waals surface area contributed by atoms with Crippen molar-refractivity contribution in [2.24, 2.45) is 11.8 Å². The summed E-state index contributed by atoms with van der Waals surface area (Å²) < 4.78 is 21.6. The van der Waals surface area contributed by atoms with E-state index in [2.05, 4.69) is 37.8 Å². The molecule has 2 amide bonds. The number of methoxy groups -OCH3 is 1. The van der Waals surface area contributed by atoms with Crippen LogP contribution in [0.3, 0.4) is 0 Å². The zero-order valence-electron chi connectivity index (χ0n) is 21.7. The number of nitrogens with zero attached hydrogens (tertiary/aromatic N) is 4. The molecular weight excluding hydrogens is 477 g/mol. The Morgan fingerprint density at radius 1 is 1.22 bits per heavy atom. The molecule has 1 fully saturated rings. The molecule has 3 aromatic rings. The third kappa shape index (κ3) is 6.04. The summed E-state index contributed by atoms with van der Waals surface area (Å²) >= 11 is 0. The van der Waals surface area contributed by atoms with Crippen molar-refractivity contribution in [1.29, 1.82) is 0 Å². The summed E-state index contributed by atoms with van der Waals surface area (Å²) in [6, 6.07) is 3.95. The van der Waals surface area contributed by atoms with E-state index in [1.807, 2.05) is 6.92 Å². The molecule has 0 unspecified atom stereocenters. The Morgan fingerprint density at radius 3 is 2.62 bits per heavy atom. The van der Waals surface area contributed by atoms with E-state index in [1.165, 1.54) is 0 Å². The first kappa shape index (κ1) is 26.5. The first-order valence-corrected chi connectivity index (χ1v) is 12.6. The van der Waals surface area contributed by atoms with E-state index < -0.39 is 23.8 Å². The highest BCUT2D eigenvalue weighted by Crippen LogP contribution is 2.32. The van der Waals surface area contributed by atoms with Gasteiger partial charge in [-0.2, -0.15) is 14.6 Å². The van der Waals surface area contributed by atoms with Crippen molar-refractivity contribution in [1.82, 2.24) is 30.3 Å². The van der Waals surface area contributed by atoms with Gasteiger partial charge >= 0.3 is 0 Å². The highest BCUT2D eigenvalue weighted by Gasteiger charge is 2.33. The van der Waals surface area contributed by atoms with E-state index in [4.69, 9.17) is 4.74 Å². The van der Waals surface area contributed by atoms with Crippen molar-refractivity contribution in [3.63, 3.8) is 0 Å². The molecule has 4 rings (SSSR count). The van der Waals surface area contributed by atoms with Crippen LogP contribution >= 0.6 is 0 Å². The third-order valence-corrected chi connectivity index (χ3v) is 7.05. The van der Waals surface area contributed by atoms with E-state index in [9.17, 15) is 14.0 Å². The molecule has 0 radical (unpaired) electrons. The fourth-order valence-electron chi connectivity index (χ4n) is 4.96. The number of aromatic amines is 1. The number of ether oxygens (including phenoxy) is 1. The van der Waals surface area contributed by atoms with Crippen molar-refractivity contribution < 1.29 is 18.7 Å². The van der Waals surface area contributed by atoms with Crippen LogP contribution < -0.4 is 10.6 Å². The normalized spacial score (nSPS) is 18.4. The number of aryl methyl sites for hydroxylation is 2. The molecule has 0 saturated heterocycles. The molecule has 1 aliphatic carbocycles. The number of anilines is 1. The third-order valence-electron chi connectivity index (χ3n) is 7.05. The Kier molecular flexibility index (Phi) is 8.32. The molecule has 1 saturated carbocycles. The molecule has 37 heavy (non-hydrogen) atoms. The largest absolute Gasteiger partial charge is 0.383 e. The molecule has 0 bridgehead atoms. The highest BCUT2D eigenvalue weighted by atomic mass is 19.1. The molecule has 3 N–H and O–H groups in total. The minimum Gasteiger partial charge on any atom is -0.383 e. The molecule has 0 spiro atoms. The zero-order chi connectivity index (χ0) is 26.5. The van der Waals surface area contributed by atoms with Gasteiger partial charge in [0.15, 0.2) is 0 Å². The second-order valence-electron chi connectivity index (χ2n) is 9.74. The smallest absolute Gasteiger partial charge is 0.270 e. The van der Waals surface area contributed by atoms with Crippen LogP contribution in [0.1, 0.15) is 54.5 Å². The quantitative estimate of drug-likeness (QED) is 0.377. The van der Waals surface area contributed by atoms with E-state index in [0.717, 1.165) is 31.4 Å². The summed E-state index contributed by atoms with van der Waals surface area (Å²) in [5.41, 5.74) is 2.69. The molecule has 198 valence electrons. The standard InChI is InChI=1S/C26H34FN7O3/c1-15-5-7-18(8-6-15)23(31-25(35)20-11-12-28-34(20)13-14-37-4)26(36)30-21-10-9-19(24(27)29-21)22-16(2)32-33-17(22)3/h9-12,15,18,23H,5-8,13-14H2,1-4H3,(H,31,35)(H,32,33)(H,29,30,36)/t15-,18-,23-/m0/s1. The van der Waals surface area contributed by atoms with Crippen molar-refractivity contribution in [2.75, 3.05) is 19.0 Å². The van der Waals surface area contributed by atoms with Crippen molar-refractivity contribution in [3.8, 4) is 11.1 Å². The molecular formula is C26H34FN7O3. The number of hydrogen-bond donors (Lipinski definition) is 3. The summed E-state index contributed by atoms with van der Waals surface area (Å²) in [5, 5.41) is 16.8. The molecule has 3 aromatic heterocycles. The number of halogens is 1. The van der Waals surface area contributed by atoms with Gasteiger partial charge in [-0.15, -0.1) is 0 Å². The summed E-state index contributed by atoms with van der Waals surface area (Å²) in [6.07, 6.45) is 5.10. The van der Waals surface area contributed by atoms with E-state index in [1.54, 1.807) is 43.1 Å². The number of nitrogens with one attached hydrogen (secondary N) is 3. The van der Waals surface area contributed by atoms with Crippen LogP contribution in [0.15, 0.2) is 24.4 Å². The van der Waals surface area contributed by atoms with E-state index in [-0.39, 0.29) is 11.7 Å². The van der Waals surface area contributed by atoms with Crippen LogP contribution in [-0.2, 0) is 16.1 Å². The Hall–Kier alpha value is -3.60. The number of amides is 2. The topological polar surface area (TPSA) is 127 Å². The number of carbonyl (C=O) groups is 2. The van der Waals surface area contributed by atoms with Gasteiger partial charge in [0.2, 0.25) is 11.9 Å². The summed E-state index contributed by atoms with van der Waals surface area (Å²) in [7, 11) is 1.58. The van der Waals surface area contributed by atoms with Gasteiger partial charge in [0.1, 0.15) is 17.6 Å². The average Bonchev–Trinajstić information content (AvgIpc) is 3.48. The molecule has 11 heteroatoms. The Morgan fingerprint density at radius 2 is 1.97 bits per heavy atom. The Labute approximate surface area is 215 Å². The maximum atomic E-state index is 15.0. The summed E-state index contributed by atoms with van der Waals surface area (Å²) in [6.45, 7) is 6.60. The van der Waals surface area contributed by atoms with Gasteiger partial charge in [-0.3, -0.25) is 19.4 Å². The fourth-order valence-corrected chi connectivity index (χ4v) is 4.96. The minimum absolute atomic E-state index is 0.0455. The first-order chi connectivity index (χ1) is 17.8. The number of H-pyrrole nitrogens is 1. The van der Waals surface area contributed by atoms with E-state index >= 15 is 0 Å². The molecule has 3 heterocycles. The Bertz CT molecular complexity index is 1230. The highest BCUT2D eigenvalue weighted by molar-refractivity contribution is 6.00. The van der Waals surface area contributed by atoms with Crippen LogP contribution in [0.5, 0.6) is 0 Å². The maximum Gasteiger partial charge on any atom is 0.270 e. The van der Waals surface area contributed by atoms with Crippen LogP contribution in [-0.4, -0.2) is 56.5 Å². The number of pyridine rings is 1. The fraction of sp³-hybridized carbons (Fsp3) is 0.500. The second kappa shape index (κ2) is 11.6. The molecule has 1 aliphatic rings. The zero-order valence-corrected chi connectivity index (χ0v) is 21.7. The van der Waals surface area contributed by atoms with Gasteiger partial charge in [-0.05, 0) is 56.7 Å². The van der Waals surface area contributed by atoms with Crippen LogP contribution in [0.4, 0.5) is 10.2 Å². The lowest BCUT2D eigenvalue weighted by Gasteiger charge is -2.32. The minimum atomic E-state index is -0.798. The lowest BCUT2D eigenvalue weighted by Crippen LogP contribution is -2.49. The number of rotatable bonds is 9. The van der Waals surface area contributed by atoms with Crippen LogP contribution in [0, 0.1) is 31.6 Å². The lowest BCUT2D eigenvalue weighted by atomic mass is 9.79. The van der Waals surface area contributed by atoms with Crippen LogP contribution in [0.2, 0.25) is 0 Å². The van der Waals surface area contributed by atoms with Gasteiger partial charge in [-0.25, -0.2) is 4.98 Å². The summed E-state index contributed by atoms with van der Waals surface area (Å²) in [4.78, 5) is 30.6. The van der Waals surface area contributed by atoms with Gasteiger partial charge in [0.25, 0.3) is 5.91 Å². The molecule has 0 aliphatic heterocycles. The number of aromatic nitrogens is 5. The predicted molar refractivity (Wildman–Crippen MR) is 136 cm³/mol. The maximum absolute atomic E-state index is 15.0. The molecule has 1 atom stereocenters.